The van der Waals surface area contributed by atoms with Gasteiger partial charge in [0.05, 0.1) is 13.5 Å². The second-order valence-electron chi connectivity index (χ2n) is 10.0. The summed E-state index contributed by atoms with van der Waals surface area (Å²) in [6.07, 6.45) is -0.762. The van der Waals surface area contributed by atoms with Gasteiger partial charge in [0, 0.05) is 6.04 Å². The Labute approximate surface area is 211 Å². The minimum atomic E-state index is -1.36. The molecule has 4 unspecified atom stereocenters. The number of nitrogens with two attached hydrogens (primary N) is 1. The number of aryl methyl sites for hydroxylation is 1. The molecule has 1 aliphatic rings. The molecule has 36 heavy (non-hydrogen) atoms. The smallest absolute Gasteiger partial charge is 0.408 e. The Morgan fingerprint density at radius 1 is 1.19 bits per heavy atom. The van der Waals surface area contributed by atoms with Crippen LogP contribution in [0.2, 0.25) is 0 Å². The molecule has 0 saturated heterocycles. The van der Waals surface area contributed by atoms with E-state index in [-0.39, 0.29) is 18.5 Å². The third-order valence-electron chi connectivity index (χ3n) is 5.59. The van der Waals surface area contributed by atoms with Crippen molar-refractivity contribution in [3.05, 3.63) is 35.4 Å². The summed E-state index contributed by atoms with van der Waals surface area (Å²) in [5, 5.41) is 4.96. The van der Waals surface area contributed by atoms with Crippen LogP contribution in [0.15, 0.2) is 24.3 Å². The molecule has 1 aromatic rings. The van der Waals surface area contributed by atoms with E-state index in [1.165, 1.54) is 12.0 Å². The maximum Gasteiger partial charge on any atom is 0.408 e. The lowest BCUT2D eigenvalue weighted by atomic mass is 10.00. The molecule has 0 aliphatic heterocycles. The van der Waals surface area contributed by atoms with E-state index < -0.39 is 53.9 Å². The Bertz CT molecular complexity index is 1000. The van der Waals surface area contributed by atoms with Gasteiger partial charge in [-0.25, -0.2) is 4.79 Å². The highest BCUT2D eigenvalue weighted by Crippen LogP contribution is 2.41. The van der Waals surface area contributed by atoms with E-state index in [1.807, 2.05) is 19.9 Å². The third-order valence-corrected chi connectivity index (χ3v) is 5.59. The number of carbonyl (C=O) groups is 5. The average molecular weight is 505 g/mol. The molecule has 4 N–H and O–H groups in total. The highest BCUT2D eigenvalue weighted by molar-refractivity contribution is 5.95. The molecule has 198 valence electrons. The van der Waals surface area contributed by atoms with Gasteiger partial charge in [0.15, 0.2) is 0 Å². The Morgan fingerprint density at radius 3 is 2.33 bits per heavy atom. The van der Waals surface area contributed by atoms with Crippen LogP contribution < -0.4 is 16.4 Å². The van der Waals surface area contributed by atoms with E-state index in [2.05, 4.69) is 15.4 Å². The number of primary amides is 1. The van der Waals surface area contributed by atoms with Crippen molar-refractivity contribution in [3.63, 3.8) is 0 Å². The van der Waals surface area contributed by atoms with Crippen molar-refractivity contribution in [2.75, 3.05) is 13.7 Å². The topological polar surface area (TPSA) is 157 Å². The number of nitrogens with zero attached hydrogens (tertiary/aromatic N) is 1. The number of methoxy groups -OCH3 is 1. The number of hydrogen-bond donors (Lipinski definition) is 3. The van der Waals surface area contributed by atoms with Gasteiger partial charge in [0.2, 0.25) is 17.7 Å². The molecule has 0 heterocycles. The zero-order chi connectivity index (χ0) is 27.2. The zero-order valence-corrected chi connectivity index (χ0v) is 21.6. The van der Waals surface area contributed by atoms with Crippen molar-refractivity contribution in [1.82, 2.24) is 15.5 Å². The second-order valence-corrected chi connectivity index (χ2v) is 10.0. The predicted octanol–water partition coefficient (Wildman–Crippen LogP) is 1.33. The highest BCUT2D eigenvalue weighted by Gasteiger charge is 2.48. The van der Waals surface area contributed by atoms with Crippen molar-refractivity contribution in [2.45, 2.75) is 71.2 Å². The van der Waals surface area contributed by atoms with Crippen LogP contribution in [0.3, 0.4) is 0 Å². The quantitative estimate of drug-likeness (QED) is 0.406. The molecule has 4 atom stereocenters. The summed E-state index contributed by atoms with van der Waals surface area (Å²) in [5.74, 6) is -2.65. The summed E-state index contributed by atoms with van der Waals surface area (Å²) in [6.45, 7) is 8.37. The van der Waals surface area contributed by atoms with Crippen molar-refractivity contribution in [2.24, 2.45) is 11.7 Å². The van der Waals surface area contributed by atoms with Crippen LogP contribution in [0.25, 0.3) is 0 Å². The Morgan fingerprint density at radius 2 is 1.83 bits per heavy atom. The first-order valence-corrected chi connectivity index (χ1v) is 11.7. The van der Waals surface area contributed by atoms with Crippen molar-refractivity contribution in [1.29, 1.82) is 0 Å². The zero-order valence-electron chi connectivity index (χ0n) is 21.6. The first-order valence-electron chi connectivity index (χ1n) is 11.7. The van der Waals surface area contributed by atoms with Crippen molar-refractivity contribution in [3.8, 4) is 0 Å². The molecule has 1 aliphatic carbocycles. The minimum absolute atomic E-state index is 0.0745. The number of ether oxygens (including phenoxy) is 2. The van der Waals surface area contributed by atoms with E-state index in [4.69, 9.17) is 10.5 Å². The first-order chi connectivity index (χ1) is 16.7. The molecule has 1 saturated carbocycles. The van der Waals surface area contributed by atoms with E-state index in [9.17, 15) is 24.0 Å². The van der Waals surface area contributed by atoms with Gasteiger partial charge >= 0.3 is 12.1 Å². The van der Waals surface area contributed by atoms with Crippen LogP contribution in [-0.2, 0) is 28.7 Å². The number of nitrogens with one attached hydrogen (secondary N) is 2. The van der Waals surface area contributed by atoms with E-state index in [0.29, 0.717) is 12.0 Å². The fourth-order valence-corrected chi connectivity index (χ4v) is 3.81. The van der Waals surface area contributed by atoms with Gasteiger partial charge in [-0.15, -0.1) is 0 Å². The van der Waals surface area contributed by atoms with Crippen LogP contribution >= 0.6 is 0 Å². The van der Waals surface area contributed by atoms with E-state index >= 15 is 0 Å². The fourth-order valence-electron chi connectivity index (χ4n) is 3.81. The number of amides is 4. The number of carbonyl (C=O) groups excluding carboxylic acids is 5. The largest absolute Gasteiger partial charge is 0.468 e. The normalized spacial score (nSPS) is 18.3. The summed E-state index contributed by atoms with van der Waals surface area (Å²) in [6, 6.07) is 4.25. The number of hydrogen-bond acceptors (Lipinski definition) is 7. The van der Waals surface area contributed by atoms with Gasteiger partial charge in [-0.05, 0) is 45.6 Å². The molecular weight excluding hydrogens is 468 g/mol. The monoisotopic (exact) mass is 504 g/mol. The molecular formula is C25H36N4O7. The summed E-state index contributed by atoms with van der Waals surface area (Å²) in [7, 11) is 1.20. The standard InChI is InChI=1S/C25H36N4O7/c1-14-8-7-9-16(10-14)21(22(32)27-13-20(31)35-6)29(18-11-15(18)2)23(33)17(12-19(26)30)28-24(34)36-25(3,4)5/h7-10,15,17-18,21H,11-13H2,1-6H3,(H2,26,30)(H,27,32)(H,28,34). The number of esters is 1. The maximum atomic E-state index is 13.9. The Balaban J connectivity index is 2.48. The first kappa shape index (κ1) is 28.6. The van der Waals surface area contributed by atoms with Crippen LogP contribution in [0.4, 0.5) is 4.79 Å². The van der Waals surface area contributed by atoms with Crippen LogP contribution in [0, 0.1) is 12.8 Å². The lowest BCUT2D eigenvalue weighted by Gasteiger charge is -2.35. The van der Waals surface area contributed by atoms with Gasteiger partial charge in [0.25, 0.3) is 0 Å². The predicted molar refractivity (Wildman–Crippen MR) is 130 cm³/mol. The molecule has 1 aromatic carbocycles. The van der Waals surface area contributed by atoms with Gasteiger partial charge in [-0.3, -0.25) is 19.2 Å². The van der Waals surface area contributed by atoms with Gasteiger partial charge in [-0.2, -0.15) is 0 Å². The Kier molecular flexibility index (Phi) is 9.43. The SMILES string of the molecule is COC(=O)CNC(=O)C(c1cccc(C)c1)N(C(=O)C(CC(N)=O)NC(=O)OC(C)(C)C)C1CC1C. The lowest BCUT2D eigenvalue weighted by Crippen LogP contribution is -2.55. The summed E-state index contributed by atoms with van der Waals surface area (Å²) >= 11 is 0. The summed E-state index contributed by atoms with van der Waals surface area (Å²) in [5.41, 5.74) is 5.91. The Hall–Kier alpha value is -3.63. The van der Waals surface area contributed by atoms with Crippen molar-refractivity contribution < 1.29 is 33.4 Å². The van der Waals surface area contributed by atoms with Crippen molar-refractivity contribution >= 4 is 29.8 Å². The molecule has 11 heteroatoms. The number of alkyl carbamates (subject to hydrolysis) is 1. The summed E-state index contributed by atoms with van der Waals surface area (Å²) < 4.78 is 9.87. The second kappa shape index (κ2) is 11.9. The van der Waals surface area contributed by atoms with Crippen LogP contribution in [-0.4, -0.2) is 66.0 Å². The maximum absolute atomic E-state index is 13.9. The molecule has 11 nitrogen and oxygen atoms in total. The summed E-state index contributed by atoms with van der Waals surface area (Å²) in [4.78, 5) is 64.6. The van der Waals surface area contributed by atoms with E-state index in [1.54, 1.807) is 39.0 Å². The molecule has 1 fully saturated rings. The molecule has 0 radical (unpaired) electrons. The van der Waals surface area contributed by atoms with Gasteiger partial charge in [-0.1, -0.05) is 36.8 Å². The van der Waals surface area contributed by atoms with E-state index in [0.717, 1.165) is 5.56 Å². The van der Waals surface area contributed by atoms with Gasteiger partial charge in [0.1, 0.15) is 24.2 Å². The molecule has 0 spiro atoms. The molecule has 0 bridgehead atoms. The third kappa shape index (κ3) is 8.24. The van der Waals surface area contributed by atoms with Crippen LogP contribution in [0.1, 0.15) is 57.7 Å². The average Bonchev–Trinajstić information content (AvgIpc) is 3.48. The minimum Gasteiger partial charge on any atom is -0.468 e. The highest BCUT2D eigenvalue weighted by atomic mass is 16.6. The molecule has 4 amide bonds. The lowest BCUT2D eigenvalue weighted by molar-refractivity contribution is -0.146. The van der Waals surface area contributed by atoms with Crippen LogP contribution in [0.5, 0.6) is 0 Å². The number of rotatable bonds is 10. The molecule has 0 aromatic heterocycles. The fraction of sp³-hybridized carbons (Fsp3) is 0.560. The molecule has 2 rings (SSSR count). The number of benzene rings is 1. The van der Waals surface area contributed by atoms with Gasteiger partial charge < -0.3 is 30.7 Å².